The Morgan fingerprint density at radius 1 is 1.48 bits per heavy atom. The van der Waals surface area contributed by atoms with E-state index in [1.807, 2.05) is 17.5 Å². The molecule has 1 aliphatic heterocycles. The third-order valence-electron chi connectivity index (χ3n) is 4.62. The van der Waals surface area contributed by atoms with E-state index in [0.717, 1.165) is 4.88 Å². The van der Waals surface area contributed by atoms with Crippen LogP contribution in [0.4, 0.5) is 0 Å². The SMILES string of the molecule is COCC1(S(=O)(=O)N2CCOCC2c2nc(-c3cccs3)no2)CC1. The van der Waals surface area contributed by atoms with Crippen molar-refractivity contribution in [1.82, 2.24) is 14.4 Å². The van der Waals surface area contributed by atoms with Gasteiger partial charge in [0.25, 0.3) is 0 Å². The summed E-state index contributed by atoms with van der Waals surface area (Å²) < 4.78 is 43.0. The second-order valence-electron chi connectivity index (χ2n) is 6.26. The number of sulfonamides is 1. The molecule has 25 heavy (non-hydrogen) atoms. The normalized spacial score (nSPS) is 23.6. The van der Waals surface area contributed by atoms with Crippen molar-refractivity contribution in [2.75, 3.05) is 33.5 Å². The fourth-order valence-electron chi connectivity index (χ4n) is 3.07. The van der Waals surface area contributed by atoms with Gasteiger partial charge in [-0.25, -0.2) is 8.42 Å². The molecule has 1 saturated carbocycles. The molecule has 2 fully saturated rings. The van der Waals surface area contributed by atoms with E-state index in [9.17, 15) is 8.42 Å². The number of methoxy groups -OCH3 is 1. The van der Waals surface area contributed by atoms with Crippen LogP contribution in [-0.4, -0.2) is 61.1 Å². The molecular formula is C15H19N3O5S2. The summed E-state index contributed by atoms with van der Waals surface area (Å²) in [7, 11) is -2.03. The number of ether oxygens (including phenoxy) is 2. The van der Waals surface area contributed by atoms with Crippen LogP contribution in [0.3, 0.4) is 0 Å². The predicted octanol–water partition coefficient (Wildman–Crippen LogP) is 1.68. The van der Waals surface area contributed by atoms with Crippen molar-refractivity contribution in [3.63, 3.8) is 0 Å². The standard InChI is InChI=1S/C15H19N3O5S2/c1-21-10-15(4-5-15)25(19,20)18-6-7-22-9-11(18)14-16-13(17-23-14)12-3-2-8-24-12/h2-3,8,11H,4-7,9-10H2,1H3. The number of rotatable bonds is 6. The van der Waals surface area contributed by atoms with Crippen molar-refractivity contribution < 1.29 is 22.4 Å². The van der Waals surface area contributed by atoms with E-state index in [4.69, 9.17) is 14.0 Å². The molecule has 1 atom stereocenters. The molecule has 1 saturated heterocycles. The quantitative estimate of drug-likeness (QED) is 0.746. The number of aromatic nitrogens is 2. The van der Waals surface area contributed by atoms with Gasteiger partial charge in [0, 0.05) is 13.7 Å². The van der Waals surface area contributed by atoms with Crippen molar-refractivity contribution in [3.05, 3.63) is 23.4 Å². The first-order valence-corrected chi connectivity index (χ1v) is 10.3. The van der Waals surface area contributed by atoms with E-state index < -0.39 is 20.8 Å². The lowest BCUT2D eigenvalue weighted by atomic mass is 10.3. The highest BCUT2D eigenvalue weighted by atomic mass is 32.2. The highest BCUT2D eigenvalue weighted by Gasteiger charge is 2.59. The third-order valence-corrected chi connectivity index (χ3v) is 8.16. The zero-order valence-electron chi connectivity index (χ0n) is 13.8. The van der Waals surface area contributed by atoms with Crippen LogP contribution < -0.4 is 0 Å². The lowest BCUT2D eigenvalue weighted by molar-refractivity contribution is 0.0191. The fraction of sp³-hybridized carbons (Fsp3) is 0.600. The number of morpholine rings is 1. The van der Waals surface area contributed by atoms with E-state index >= 15 is 0 Å². The Morgan fingerprint density at radius 2 is 2.32 bits per heavy atom. The monoisotopic (exact) mass is 385 g/mol. The van der Waals surface area contributed by atoms with E-state index in [2.05, 4.69) is 10.1 Å². The van der Waals surface area contributed by atoms with Crippen molar-refractivity contribution in [2.24, 2.45) is 0 Å². The molecule has 2 aliphatic rings. The van der Waals surface area contributed by atoms with Gasteiger partial charge in [-0.15, -0.1) is 11.3 Å². The van der Waals surface area contributed by atoms with Crippen LogP contribution in [0, 0.1) is 0 Å². The van der Waals surface area contributed by atoms with Gasteiger partial charge in [0.1, 0.15) is 10.8 Å². The Labute approximate surface area is 149 Å². The minimum Gasteiger partial charge on any atom is -0.383 e. The number of hydrogen-bond acceptors (Lipinski definition) is 8. The number of hydrogen-bond donors (Lipinski definition) is 0. The van der Waals surface area contributed by atoms with E-state index in [1.165, 1.54) is 22.8 Å². The average molecular weight is 385 g/mol. The Kier molecular flexibility index (Phi) is 4.40. The summed E-state index contributed by atoms with van der Waals surface area (Å²) in [6.45, 7) is 1.03. The van der Waals surface area contributed by atoms with Crippen LogP contribution in [0.2, 0.25) is 0 Å². The second kappa shape index (κ2) is 6.44. The molecule has 2 aromatic heterocycles. The molecule has 1 aliphatic carbocycles. The van der Waals surface area contributed by atoms with Gasteiger partial charge >= 0.3 is 0 Å². The molecule has 0 N–H and O–H groups in total. The van der Waals surface area contributed by atoms with Gasteiger partial charge in [-0.2, -0.15) is 9.29 Å². The summed E-state index contributed by atoms with van der Waals surface area (Å²) in [6, 6.07) is 3.19. The molecule has 4 rings (SSSR count). The van der Waals surface area contributed by atoms with Gasteiger partial charge in [0.2, 0.25) is 21.7 Å². The molecule has 0 aromatic carbocycles. The summed E-state index contributed by atoms with van der Waals surface area (Å²) >= 11 is 1.50. The van der Waals surface area contributed by atoms with Gasteiger partial charge in [-0.3, -0.25) is 0 Å². The van der Waals surface area contributed by atoms with Crippen LogP contribution in [-0.2, 0) is 19.5 Å². The Hall–Kier alpha value is -1.33. The van der Waals surface area contributed by atoms with Crippen LogP contribution in [0.15, 0.2) is 22.0 Å². The number of nitrogens with zero attached hydrogens (tertiary/aromatic N) is 3. The van der Waals surface area contributed by atoms with Gasteiger partial charge in [-0.05, 0) is 24.3 Å². The highest BCUT2D eigenvalue weighted by molar-refractivity contribution is 7.90. The smallest absolute Gasteiger partial charge is 0.247 e. The topological polar surface area (TPSA) is 94.8 Å². The first kappa shape index (κ1) is 17.1. The molecule has 136 valence electrons. The van der Waals surface area contributed by atoms with Crippen molar-refractivity contribution >= 4 is 21.4 Å². The summed E-state index contributed by atoms with van der Waals surface area (Å²) in [6.07, 6.45) is 1.22. The van der Waals surface area contributed by atoms with Gasteiger partial charge < -0.3 is 14.0 Å². The molecule has 0 radical (unpaired) electrons. The number of thiophene rings is 1. The Balaban J connectivity index is 1.64. The zero-order valence-corrected chi connectivity index (χ0v) is 15.4. The van der Waals surface area contributed by atoms with Crippen LogP contribution in [0.5, 0.6) is 0 Å². The summed E-state index contributed by atoms with van der Waals surface area (Å²) in [5.41, 5.74) is 0. The van der Waals surface area contributed by atoms with Gasteiger partial charge in [0.05, 0.1) is 24.7 Å². The van der Waals surface area contributed by atoms with Crippen LogP contribution >= 0.6 is 11.3 Å². The fourth-order valence-corrected chi connectivity index (χ4v) is 5.91. The zero-order chi connectivity index (χ0) is 17.5. The van der Waals surface area contributed by atoms with Crippen LogP contribution in [0.1, 0.15) is 24.8 Å². The van der Waals surface area contributed by atoms with E-state index in [0.29, 0.717) is 25.3 Å². The molecule has 0 bridgehead atoms. The lowest BCUT2D eigenvalue weighted by Gasteiger charge is -2.35. The molecule has 10 heteroatoms. The molecule has 2 aromatic rings. The minimum absolute atomic E-state index is 0.198. The Morgan fingerprint density at radius 3 is 3.00 bits per heavy atom. The summed E-state index contributed by atoms with van der Waals surface area (Å²) in [5.74, 6) is 0.728. The summed E-state index contributed by atoms with van der Waals surface area (Å²) in [5, 5.41) is 5.91. The largest absolute Gasteiger partial charge is 0.383 e. The van der Waals surface area contributed by atoms with Crippen LogP contribution in [0.25, 0.3) is 10.7 Å². The molecule has 0 spiro atoms. The average Bonchev–Trinajstić information content (AvgIpc) is 3.05. The maximum Gasteiger partial charge on any atom is 0.247 e. The van der Waals surface area contributed by atoms with Gasteiger partial charge in [0.15, 0.2) is 0 Å². The third kappa shape index (κ3) is 2.91. The predicted molar refractivity (Wildman–Crippen MR) is 90.6 cm³/mol. The first-order chi connectivity index (χ1) is 12.1. The molecular weight excluding hydrogens is 366 g/mol. The van der Waals surface area contributed by atoms with E-state index in [-0.39, 0.29) is 25.6 Å². The maximum absolute atomic E-state index is 13.2. The first-order valence-electron chi connectivity index (χ1n) is 8.03. The van der Waals surface area contributed by atoms with E-state index in [1.54, 1.807) is 0 Å². The Bertz CT molecular complexity index is 829. The van der Waals surface area contributed by atoms with Crippen molar-refractivity contribution in [1.29, 1.82) is 0 Å². The second-order valence-corrected chi connectivity index (χ2v) is 9.49. The molecule has 8 nitrogen and oxygen atoms in total. The highest BCUT2D eigenvalue weighted by Crippen LogP contribution is 2.47. The molecule has 0 amide bonds. The molecule has 1 unspecified atom stereocenters. The molecule has 3 heterocycles. The summed E-state index contributed by atoms with van der Waals surface area (Å²) in [4.78, 5) is 5.28. The van der Waals surface area contributed by atoms with Crippen molar-refractivity contribution in [3.8, 4) is 10.7 Å². The van der Waals surface area contributed by atoms with Crippen molar-refractivity contribution in [2.45, 2.75) is 23.6 Å². The maximum atomic E-state index is 13.2. The lowest BCUT2D eigenvalue weighted by Crippen LogP contribution is -2.49. The van der Waals surface area contributed by atoms with Gasteiger partial charge in [-0.1, -0.05) is 11.2 Å². The minimum atomic E-state index is -3.55.